The maximum atomic E-state index is 11.6. The van der Waals surface area contributed by atoms with Crippen LogP contribution in [-0.2, 0) is 4.79 Å². The van der Waals surface area contributed by atoms with Crippen molar-refractivity contribution in [2.45, 2.75) is 46.5 Å². The van der Waals surface area contributed by atoms with Gasteiger partial charge in [0.2, 0.25) is 5.91 Å². The van der Waals surface area contributed by atoms with Crippen LogP contribution in [0.3, 0.4) is 0 Å². The van der Waals surface area contributed by atoms with Gasteiger partial charge < -0.3 is 15.4 Å². The number of hydrogen-bond donors (Lipinski definition) is 2. The van der Waals surface area contributed by atoms with E-state index < -0.39 is 0 Å². The molecule has 1 rings (SSSR count). The lowest BCUT2D eigenvalue weighted by Crippen LogP contribution is -2.33. The number of rotatable bonds is 8. The van der Waals surface area contributed by atoms with E-state index in [2.05, 4.69) is 31.4 Å². The zero-order valence-corrected chi connectivity index (χ0v) is 14.5. The molecule has 22 heavy (non-hydrogen) atoms. The Morgan fingerprint density at radius 1 is 1.36 bits per heavy atom. The fourth-order valence-electron chi connectivity index (χ4n) is 1.76. The first-order chi connectivity index (χ1) is 10.5. The number of thiocarbonyl (C=S) groups is 1. The topological polar surface area (TPSA) is 50.4 Å². The Hall–Kier alpha value is -1.62. The largest absolute Gasteiger partial charge is 0.494 e. The minimum atomic E-state index is -0.0521. The van der Waals surface area contributed by atoms with Crippen molar-refractivity contribution >= 4 is 28.9 Å². The van der Waals surface area contributed by atoms with E-state index in [0.29, 0.717) is 24.1 Å². The van der Waals surface area contributed by atoms with Crippen LogP contribution in [0.5, 0.6) is 5.75 Å². The molecule has 0 heterocycles. The second kappa shape index (κ2) is 10.2. The molecule has 0 spiro atoms. The van der Waals surface area contributed by atoms with Gasteiger partial charge in [0.15, 0.2) is 5.11 Å². The van der Waals surface area contributed by atoms with Crippen LogP contribution in [-0.4, -0.2) is 17.6 Å². The zero-order valence-electron chi connectivity index (χ0n) is 13.6. The van der Waals surface area contributed by atoms with Crippen LogP contribution < -0.4 is 15.4 Å². The van der Waals surface area contributed by atoms with E-state index in [1.54, 1.807) is 0 Å². The number of amides is 1. The predicted molar refractivity (Wildman–Crippen MR) is 95.3 cm³/mol. The highest BCUT2D eigenvalue weighted by atomic mass is 32.1. The van der Waals surface area contributed by atoms with Crippen LogP contribution in [0.15, 0.2) is 24.3 Å². The molecule has 0 bridgehead atoms. The van der Waals surface area contributed by atoms with Gasteiger partial charge in [0.05, 0.1) is 6.61 Å². The number of ether oxygens (including phenoxy) is 1. The Morgan fingerprint density at radius 2 is 2.14 bits per heavy atom. The molecule has 5 heteroatoms. The monoisotopic (exact) mass is 322 g/mol. The minimum absolute atomic E-state index is 0.0521. The first kappa shape index (κ1) is 18.4. The standard InChI is InChI=1S/C17H26N2O2S/c1-4-5-9-16(20)19-17(22)18-14-7-6-8-15(12-14)21-11-10-13(2)3/h6-8,12-13H,4-5,9-11H2,1-3H3,(H2,18,19,20,22). The van der Waals surface area contributed by atoms with Gasteiger partial charge in [-0.3, -0.25) is 4.79 Å². The lowest BCUT2D eigenvalue weighted by molar-refractivity contribution is -0.119. The van der Waals surface area contributed by atoms with Gasteiger partial charge in [-0.05, 0) is 43.1 Å². The van der Waals surface area contributed by atoms with Crippen LogP contribution in [0.25, 0.3) is 0 Å². The van der Waals surface area contributed by atoms with Gasteiger partial charge in [0.25, 0.3) is 0 Å². The van der Waals surface area contributed by atoms with E-state index in [1.807, 2.05) is 24.3 Å². The van der Waals surface area contributed by atoms with Gasteiger partial charge in [0.1, 0.15) is 5.75 Å². The average molecular weight is 322 g/mol. The summed E-state index contributed by atoms with van der Waals surface area (Å²) in [5.41, 5.74) is 0.808. The maximum absolute atomic E-state index is 11.6. The normalized spacial score (nSPS) is 10.4. The summed E-state index contributed by atoms with van der Waals surface area (Å²) < 4.78 is 5.70. The molecule has 1 aromatic rings. The van der Waals surface area contributed by atoms with Crippen LogP contribution >= 0.6 is 12.2 Å². The summed E-state index contributed by atoms with van der Waals surface area (Å²) in [5.74, 6) is 1.36. The van der Waals surface area contributed by atoms with Crippen molar-refractivity contribution in [3.8, 4) is 5.75 Å². The van der Waals surface area contributed by atoms with Crippen molar-refractivity contribution in [3.05, 3.63) is 24.3 Å². The molecule has 0 fully saturated rings. The third kappa shape index (κ3) is 7.98. The number of unbranched alkanes of at least 4 members (excludes halogenated alkanes) is 1. The van der Waals surface area contributed by atoms with E-state index in [1.165, 1.54) is 0 Å². The fourth-order valence-corrected chi connectivity index (χ4v) is 2.00. The second-order valence-electron chi connectivity index (χ2n) is 5.66. The van der Waals surface area contributed by atoms with E-state index in [9.17, 15) is 4.79 Å². The number of hydrogen-bond acceptors (Lipinski definition) is 3. The summed E-state index contributed by atoms with van der Waals surface area (Å²) in [6, 6.07) is 7.58. The van der Waals surface area contributed by atoms with E-state index >= 15 is 0 Å². The zero-order chi connectivity index (χ0) is 16.4. The summed E-state index contributed by atoms with van der Waals surface area (Å²) in [5, 5.41) is 6.01. The Morgan fingerprint density at radius 3 is 2.82 bits per heavy atom. The number of carbonyl (C=O) groups excluding carboxylic acids is 1. The summed E-state index contributed by atoms with van der Waals surface area (Å²) in [6.07, 6.45) is 3.37. The van der Waals surface area contributed by atoms with E-state index in [-0.39, 0.29) is 5.91 Å². The molecular weight excluding hydrogens is 296 g/mol. The van der Waals surface area contributed by atoms with Crippen LogP contribution in [0.2, 0.25) is 0 Å². The molecule has 1 aromatic carbocycles. The van der Waals surface area contributed by atoms with E-state index in [4.69, 9.17) is 17.0 Å². The van der Waals surface area contributed by atoms with Gasteiger partial charge in [-0.25, -0.2) is 0 Å². The molecule has 122 valence electrons. The molecule has 0 radical (unpaired) electrons. The molecule has 0 aliphatic rings. The van der Waals surface area contributed by atoms with Gasteiger partial charge in [-0.1, -0.05) is 33.3 Å². The van der Waals surface area contributed by atoms with Crippen molar-refractivity contribution in [1.82, 2.24) is 5.32 Å². The summed E-state index contributed by atoms with van der Waals surface area (Å²) in [7, 11) is 0. The molecule has 0 unspecified atom stereocenters. The van der Waals surface area contributed by atoms with Gasteiger partial charge in [0, 0.05) is 18.2 Å². The molecule has 0 aliphatic heterocycles. The lowest BCUT2D eigenvalue weighted by atomic mass is 10.1. The molecule has 2 N–H and O–H groups in total. The minimum Gasteiger partial charge on any atom is -0.494 e. The molecule has 0 saturated heterocycles. The van der Waals surface area contributed by atoms with Gasteiger partial charge in [-0.15, -0.1) is 0 Å². The summed E-state index contributed by atoms with van der Waals surface area (Å²) in [4.78, 5) is 11.6. The Balaban J connectivity index is 2.44. The van der Waals surface area contributed by atoms with Crippen molar-refractivity contribution in [3.63, 3.8) is 0 Å². The molecule has 0 aliphatic carbocycles. The highest BCUT2D eigenvalue weighted by Gasteiger charge is 2.05. The predicted octanol–water partition coefficient (Wildman–Crippen LogP) is 4.11. The summed E-state index contributed by atoms with van der Waals surface area (Å²) >= 11 is 5.14. The lowest BCUT2D eigenvalue weighted by Gasteiger charge is -2.12. The molecule has 0 aromatic heterocycles. The van der Waals surface area contributed by atoms with Crippen molar-refractivity contribution in [1.29, 1.82) is 0 Å². The van der Waals surface area contributed by atoms with E-state index in [0.717, 1.165) is 30.7 Å². The third-order valence-electron chi connectivity index (χ3n) is 3.07. The average Bonchev–Trinajstić information content (AvgIpc) is 2.45. The SMILES string of the molecule is CCCCC(=O)NC(=S)Nc1cccc(OCCC(C)C)c1. The number of benzene rings is 1. The number of anilines is 1. The first-order valence-corrected chi connectivity index (χ1v) is 8.25. The molecule has 0 saturated carbocycles. The van der Waals surface area contributed by atoms with Crippen molar-refractivity contribution < 1.29 is 9.53 Å². The number of nitrogens with one attached hydrogen (secondary N) is 2. The van der Waals surface area contributed by atoms with Crippen LogP contribution in [0.4, 0.5) is 5.69 Å². The molecule has 4 nitrogen and oxygen atoms in total. The third-order valence-corrected chi connectivity index (χ3v) is 3.27. The molecular formula is C17H26N2O2S. The first-order valence-electron chi connectivity index (χ1n) is 7.85. The highest BCUT2D eigenvalue weighted by molar-refractivity contribution is 7.80. The van der Waals surface area contributed by atoms with Crippen LogP contribution in [0, 0.1) is 5.92 Å². The van der Waals surface area contributed by atoms with Crippen molar-refractivity contribution in [2.75, 3.05) is 11.9 Å². The quantitative estimate of drug-likeness (QED) is 0.707. The highest BCUT2D eigenvalue weighted by Crippen LogP contribution is 2.18. The van der Waals surface area contributed by atoms with Crippen molar-refractivity contribution in [2.24, 2.45) is 5.92 Å². The fraction of sp³-hybridized carbons (Fsp3) is 0.529. The Labute approximate surface area is 138 Å². The number of carbonyl (C=O) groups is 1. The van der Waals surface area contributed by atoms with Gasteiger partial charge >= 0.3 is 0 Å². The van der Waals surface area contributed by atoms with Crippen LogP contribution in [0.1, 0.15) is 46.5 Å². The Bertz CT molecular complexity index is 489. The molecule has 1 amide bonds. The summed E-state index contributed by atoms with van der Waals surface area (Å²) in [6.45, 7) is 7.08. The second-order valence-corrected chi connectivity index (χ2v) is 6.07. The smallest absolute Gasteiger partial charge is 0.226 e. The van der Waals surface area contributed by atoms with Gasteiger partial charge in [-0.2, -0.15) is 0 Å². The molecule has 0 atom stereocenters. The maximum Gasteiger partial charge on any atom is 0.226 e. The Kier molecular flexibility index (Phi) is 8.51.